The first-order valence-electron chi connectivity index (χ1n) is 10.5. The maximum atomic E-state index is 10.5. The Kier molecular flexibility index (Phi) is 5.26. The van der Waals surface area contributed by atoms with Crippen molar-refractivity contribution in [3.8, 4) is 33.8 Å². The lowest BCUT2D eigenvalue weighted by Crippen LogP contribution is -2.54. The second-order valence-electron chi connectivity index (χ2n) is 8.25. The number of hydrogen-bond donors (Lipinski definition) is 2. The lowest BCUT2D eigenvalue weighted by Gasteiger charge is -2.43. The number of phenols is 1. The SMILES string of the molecule is CN(c1cnc(-c2ccc(-c3nc(C#N)cs3)cc2O)nn1)C1C[C@H]2CCC[C@@H](C1)N2. The first-order valence-corrected chi connectivity index (χ1v) is 11.4. The van der Waals surface area contributed by atoms with Gasteiger partial charge in [-0.1, -0.05) is 12.5 Å². The largest absolute Gasteiger partial charge is 0.507 e. The molecule has 0 radical (unpaired) electrons. The Labute approximate surface area is 184 Å². The van der Waals surface area contributed by atoms with Gasteiger partial charge in [-0.2, -0.15) is 5.26 Å². The molecule has 31 heavy (non-hydrogen) atoms. The Morgan fingerprint density at radius 1 is 1.23 bits per heavy atom. The van der Waals surface area contributed by atoms with E-state index in [9.17, 15) is 5.11 Å². The number of benzene rings is 1. The van der Waals surface area contributed by atoms with Gasteiger partial charge in [0.05, 0.1) is 11.8 Å². The molecule has 0 saturated carbocycles. The van der Waals surface area contributed by atoms with E-state index in [-0.39, 0.29) is 5.75 Å². The van der Waals surface area contributed by atoms with Gasteiger partial charge >= 0.3 is 0 Å². The number of phenolic OH excluding ortho intramolecular Hbond substituents is 1. The Morgan fingerprint density at radius 3 is 2.68 bits per heavy atom. The van der Waals surface area contributed by atoms with E-state index in [1.165, 1.54) is 30.6 Å². The normalized spacial score (nSPS) is 22.6. The highest BCUT2D eigenvalue weighted by molar-refractivity contribution is 7.13. The van der Waals surface area contributed by atoms with Crippen molar-refractivity contribution in [2.24, 2.45) is 0 Å². The summed E-state index contributed by atoms with van der Waals surface area (Å²) in [4.78, 5) is 10.9. The summed E-state index contributed by atoms with van der Waals surface area (Å²) >= 11 is 1.36. The van der Waals surface area contributed by atoms with E-state index in [0.717, 1.165) is 24.2 Å². The smallest absolute Gasteiger partial charge is 0.185 e. The molecule has 2 aliphatic rings. The van der Waals surface area contributed by atoms with E-state index < -0.39 is 0 Å². The monoisotopic (exact) mass is 433 g/mol. The van der Waals surface area contributed by atoms with Crippen LogP contribution in [0.15, 0.2) is 29.8 Å². The van der Waals surface area contributed by atoms with Crippen LogP contribution in [-0.2, 0) is 0 Å². The summed E-state index contributed by atoms with van der Waals surface area (Å²) in [5, 5.41) is 34.3. The molecule has 1 aromatic carbocycles. The molecule has 0 spiro atoms. The van der Waals surface area contributed by atoms with Crippen LogP contribution in [0.5, 0.6) is 5.75 Å². The maximum absolute atomic E-state index is 10.5. The number of nitrogens with one attached hydrogen (secondary N) is 1. The molecule has 2 bridgehead atoms. The number of nitriles is 1. The first kappa shape index (κ1) is 19.8. The van der Waals surface area contributed by atoms with Gasteiger partial charge < -0.3 is 15.3 Å². The zero-order valence-electron chi connectivity index (χ0n) is 17.2. The van der Waals surface area contributed by atoms with Crippen molar-refractivity contribution in [3.63, 3.8) is 0 Å². The summed E-state index contributed by atoms with van der Waals surface area (Å²) in [6, 6.07) is 8.86. The molecule has 2 aromatic heterocycles. The van der Waals surface area contributed by atoms with Crippen LogP contribution < -0.4 is 10.2 Å². The Bertz CT molecular complexity index is 1110. The topological polar surface area (TPSA) is 111 Å². The fraction of sp³-hybridized carbons (Fsp3) is 0.409. The van der Waals surface area contributed by atoms with E-state index in [1.54, 1.807) is 23.7 Å². The molecular formula is C22H23N7OS. The number of anilines is 1. The second kappa shape index (κ2) is 8.21. The first-order chi connectivity index (χ1) is 15.1. The van der Waals surface area contributed by atoms with Gasteiger partial charge in [-0.3, -0.25) is 0 Å². The van der Waals surface area contributed by atoms with Gasteiger partial charge in [0, 0.05) is 36.1 Å². The summed E-state index contributed by atoms with van der Waals surface area (Å²) in [5.41, 5.74) is 1.63. The third kappa shape index (κ3) is 3.96. The molecule has 2 N–H and O–H groups in total. The van der Waals surface area contributed by atoms with E-state index in [4.69, 9.17) is 5.26 Å². The summed E-state index contributed by atoms with van der Waals surface area (Å²) in [5.74, 6) is 1.18. The number of rotatable bonds is 4. The highest BCUT2D eigenvalue weighted by Gasteiger charge is 2.33. The number of nitrogens with zero attached hydrogens (tertiary/aromatic N) is 6. The summed E-state index contributed by atoms with van der Waals surface area (Å²) < 4.78 is 0. The van der Waals surface area contributed by atoms with E-state index in [0.29, 0.717) is 40.2 Å². The molecule has 5 rings (SSSR count). The molecule has 0 amide bonds. The molecule has 0 aliphatic carbocycles. The fourth-order valence-corrected chi connectivity index (χ4v) is 5.35. The average molecular weight is 434 g/mol. The van der Waals surface area contributed by atoms with Crippen molar-refractivity contribution in [3.05, 3.63) is 35.5 Å². The Morgan fingerprint density at radius 2 is 2.03 bits per heavy atom. The molecule has 4 heterocycles. The van der Waals surface area contributed by atoms with Crippen LogP contribution in [0.3, 0.4) is 0 Å². The summed E-state index contributed by atoms with van der Waals surface area (Å²) in [6.07, 6.45) is 7.77. The number of piperidine rings is 2. The van der Waals surface area contributed by atoms with Gasteiger partial charge in [-0.25, -0.2) is 9.97 Å². The number of fused-ring (bicyclic) bond motifs is 2. The molecule has 9 heteroatoms. The predicted molar refractivity (Wildman–Crippen MR) is 119 cm³/mol. The Hall–Kier alpha value is -3.09. The third-order valence-electron chi connectivity index (χ3n) is 6.25. The lowest BCUT2D eigenvalue weighted by molar-refractivity contribution is 0.219. The lowest BCUT2D eigenvalue weighted by atomic mass is 9.83. The standard InChI is InChI=1S/C22H23N7OS/c1-29(17-8-14-3-2-4-15(9-17)25-14)20-11-24-21(28-27-20)18-6-5-13(7-19(18)30)22-26-16(10-23)12-31-22/h5-7,11-12,14-15,17,25,30H,2-4,8-9H2,1H3/t14-,15+,17?. The molecule has 3 aromatic rings. The van der Waals surface area contributed by atoms with Crippen molar-refractivity contribution in [2.75, 3.05) is 11.9 Å². The highest BCUT2D eigenvalue weighted by atomic mass is 32.1. The molecule has 158 valence electrons. The van der Waals surface area contributed by atoms with Gasteiger partial charge in [0.15, 0.2) is 17.3 Å². The number of thiazole rings is 1. The van der Waals surface area contributed by atoms with Crippen LogP contribution in [0, 0.1) is 11.3 Å². The van der Waals surface area contributed by atoms with Crippen molar-refractivity contribution in [1.29, 1.82) is 5.26 Å². The molecule has 2 fully saturated rings. The van der Waals surface area contributed by atoms with Crippen LogP contribution in [-0.4, -0.2) is 50.4 Å². The molecule has 2 saturated heterocycles. The molecular weight excluding hydrogens is 410 g/mol. The number of aromatic nitrogens is 4. The van der Waals surface area contributed by atoms with Crippen LogP contribution in [0.1, 0.15) is 37.8 Å². The van der Waals surface area contributed by atoms with Crippen molar-refractivity contribution in [2.45, 2.75) is 50.2 Å². The minimum atomic E-state index is 0.0558. The third-order valence-corrected chi connectivity index (χ3v) is 7.14. The molecule has 8 nitrogen and oxygen atoms in total. The minimum Gasteiger partial charge on any atom is -0.507 e. The predicted octanol–water partition coefficient (Wildman–Crippen LogP) is 3.35. The molecule has 3 atom stereocenters. The van der Waals surface area contributed by atoms with Crippen LogP contribution >= 0.6 is 11.3 Å². The van der Waals surface area contributed by atoms with Crippen molar-refractivity contribution in [1.82, 2.24) is 25.5 Å². The molecule has 1 unspecified atom stereocenters. The van der Waals surface area contributed by atoms with Crippen molar-refractivity contribution >= 4 is 17.2 Å². The van der Waals surface area contributed by atoms with Gasteiger partial charge in [0.25, 0.3) is 0 Å². The van der Waals surface area contributed by atoms with Gasteiger partial charge in [0.1, 0.15) is 16.8 Å². The quantitative estimate of drug-likeness (QED) is 0.644. The highest BCUT2D eigenvalue weighted by Crippen LogP contribution is 2.33. The molecule has 2 aliphatic heterocycles. The summed E-state index contributed by atoms with van der Waals surface area (Å²) in [7, 11) is 2.06. The number of hydrogen-bond acceptors (Lipinski definition) is 9. The second-order valence-corrected chi connectivity index (χ2v) is 9.11. The fourth-order valence-electron chi connectivity index (χ4n) is 4.60. The van der Waals surface area contributed by atoms with E-state index in [2.05, 4.69) is 37.4 Å². The van der Waals surface area contributed by atoms with Gasteiger partial charge in [0.2, 0.25) is 0 Å². The van der Waals surface area contributed by atoms with Crippen LogP contribution in [0.2, 0.25) is 0 Å². The Balaban J connectivity index is 1.33. The van der Waals surface area contributed by atoms with Crippen molar-refractivity contribution < 1.29 is 5.11 Å². The van der Waals surface area contributed by atoms with Gasteiger partial charge in [-0.05, 0) is 37.8 Å². The van der Waals surface area contributed by atoms with Crippen LogP contribution in [0.25, 0.3) is 22.0 Å². The average Bonchev–Trinajstić information content (AvgIpc) is 3.28. The van der Waals surface area contributed by atoms with Gasteiger partial charge in [-0.15, -0.1) is 21.5 Å². The van der Waals surface area contributed by atoms with E-state index in [1.807, 2.05) is 12.1 Å². The zero-order valence-corrected chi connectivity index (χ0v) is 18.0. The number of aromatic hydroxyl groups is 1. The summed E-state index contributed by atoms with van der Waals surface area (Å²) in [6.45, 7) is 0. The van der Waals surface area contributed by atoms with Crippen LogP contribution in [0.4, 0.5) is 5.82 Å². The maximum Gasteiger partial charge on any atom is 0.185 e. The zero-order chi connectivity index (χ0) is 21.4. The minimum absolute atomic E-state index is 0.0558. The van der Waals surface area contributed by atoms with E-state index >= 15 is 0 Å².